The summed E-state index contributed by atoms with van der Waals surface area (Å²) >= 11 is 0. The second kappa shape index (κ2) is 5.60. The molecule has 0 radical (unpaired) electrons. The minimum absolute atomic E-state index is 0. The van der Waals surface area contributed by atoms with Crippen molar-refractivity contribution < 1.29 is 5.11 Å². The summed E-state index contributed by atoms with van der Waals surface area (Å²) in [6, 6.07) is 13.3. The first-order chi connectivity index (χ1) is 7.70. The topological polar surface area (TPSA) is 46.2 Å². The Hall–Kier alpha value is -1.67. The largest absolute Gasteiger partial charge is 0.507 e. The molecule has 0 saturated heterocycles. The van der Waals surface area contributed by atoms with Crippen LogP contribution >= 0.6 is 12.4 Å². The van der Waals surface area contributed by atoms with Gasteiger partial charge < -0.3 is 10.8 Å². The van der Waals surface area contributed by atoms with Gasteiger partial charge in [-0.15, -0.1) is 12.4 Å². The Bertz CT molecular complexity index is 494. The van der Waals surface area contributed by atoms with Crippen molar-refractivity contribution in [1.82, 2.24) is 0 Å². The first kappa shape index (κ1) is 13.4. The molecule has 0 saturated carbocycles. The van der Waals surface area contributed by atoms with E-state index >= 15 is 0 Å². The summed E-state index contributed by atoms with van der Waals surface area (Å²) in [5, 5.41) is 9.76. The molecule has 3 heteroatoms. The number of rotatable bonds is 2. The predicted octanol–water partition coefficient (Wildman–Crippen LogP) is 3.63. The number of phenols is 1. The standard InChI is InChI=1S/C14H15NO.ClH/c1-2-10-3-5-11(6-4-10)13-9-12(15)7-8-14(13)16;/h3-9,16H,2,15H2,1H3;1H. The summed E-state index contributed by atoms with van der Waals surface area (Å²) in [5.41, 5.74) is 9.42. The Morgan fingerprint density at radius 1 is 1.06 bits per heavy atom. The van der Waals surface area contributed by atoms with E-state index in [0.717, 1.165) is 17.5 Å². The van der Waals surface area contributed by atoms with Crippen LogP contribution in [0, 0.1) is 0 Å². The Morgan fingerprint density at radius 2 is 1.71 bits per heavy atom. The molecule has 0 unspecified atom stereocenters. The zero-order valence-electron chi connectivity index (χ0n) is 9.68. The molecule has 0 atom stereocenters. The van der Waals surface area contributed by atoms with E-state index in [9.17, 15) is 5.11 Å². The lowest BCUT2D eigenvalue weighted by Gasteiger charge is -2.06. The highest BCUT2D eigenvalue weighted by Gasteiger charge is 2.04. The number of aromatic hydroxyl groups is 1. The highest BCUT2D eigenvalue weighted by molar-refractivity contribution is 5.85. The molecular weight excluding hydrogens is 234 g/mol. The van der Waals surface area contributed by atoms with Gasteiger partial charge in [0.05, 0.1) is 0 Å². The van der Waals surface area contributed by atoms with Crippen LogP contribution in [0.3, 0.4) is 0 Å². The van der Waals surface area contributed by atoms with Gasteiger partial charge in [0.25, 0.3) is 0 Å². The molecule has 2 aromatic rings. The normalized spacial score (nSPS) is 9.71. The minimum atomic E-state index is 0. The maximum atomic E-state index is 9.76. The van der Waals surface area contributed by atoms with E-state index in [4.69, 9.17) is 5.73 Å². The maximum Gasteiger partial charge on any atom is 0.123 e. The first-order valence-corrected chi connectivity index (χ1v) is 5.38. The van der Waals surface area contributed by atoms with Gasteiger partial charge in [-0.25, -0.2) is 0 Å². The minimum Gasteiger partial charge on any atom is -0.507 e. The van der Waals surface area contributed by atoms with Gasteiger partial charge in [-0.1, -0.05) is 31.2 Å². The van der Waals surface area contributed by atoms with Gasteiger partial charge in [-0.2, -0.15) is 0 Å². The van der Waals surface area contributed by atoms with Crippen molar-refractivity contribution in [2.75, 3.05) is 5.73 Å². The molecule has 0 aliphatic rings. The summed E-state index contributed by atoms with van der Waals surface area (Å²) in [4.78, 5) is 0. The maximum absolute atomic E-state index is 9.76. The summed E-state index contributed by atoms with van der Waals surface area (Å²) < 4.78 is 0. The zero-order valence-corrected chi connectivity index (χ0v) is 10.5. The van der Waals surface area contributed by atoms with Gasteiger partial charge in [0.2, 0.25) is 0 Å². The van der Waals surface area contributed by atoms with E-state index in [2.05, 4.69) is 19.1 Å². The SMILES string of the molecule is CCc1ccc(-c2cc(N)ccc2O)cc1.Cl. The van der Waals surface area contributed by atoms with Crippen molar-refractivity contribution in [3.8, 4) is 16.9 Å². The number of aryl methyl sites for hydroxylation is 1. The van der Waals surface area contributed by atoms with Gasteiger partial charge in [-0.05, 0) is 35.7 Å². The third kappa shape index (κ3) is 2.92. The molecule has 0 aliphatic carbocycles. The average Bonchev–Trinajstić information content (AvgIpc) is 2.32. The van der Waals surface area contributed by atoms with Crippen molar-refractivity contribution in [2.24, 2.45) is 0 Å². The Kier molecular flexibility index (Phi) is 4.41. The fourth-order valence-corrected chi connectivity index (χ4v) is 1.70. The molecule has 0 spiro atoms. The molecule has 2 rings (SSSR count). The molecule has 17 heavy (non-hydrogen) atoms. The lowest BCUT2D eigenvalue weighted by Crippen LogP contribution is -1.87. The number of anilines is 1. The van der Waals surface area contributed by atoms with E-state index in [1.165, 1.54) is 5.56 Å². The van der Waals surface area contributed by atoms with Crippen LogP contribution in [0.2, 0.25) is 0 Å². The van der Waals surface area contributed by atoms with Crippen LogP contribution in [0.5, 0.6) is 5.75 Å². The highest BCUT2D eigenvalue weighted by Crippen LogP contribution is 2.30. The van der Waals surface area contributed by atoms with Crippen LogP contribution in [0.25, 0.3) is 11.1 Å². The molecule has 0 heterocycles. The summed E-state index contributed by atoms with van der Waals surface area (Å²) in [5.74, 6) is 0.262. The van der Waals surface area contributed by atoms with Crippen LogP contribution in [-0.4, -0.2) is 5.11 Å². The number of hydrogen-bond acceptors (Lipinski definition) is 2. The highest BCUT2D eigenvalue weighted by atomic mass is 35.5. The van der Waals surface area contributed by atoms with Crippen molar-refractivity contribution in [2.45, 2.75) is 13.3 Å². The smallest absolute Gasteiger partial charge is 0.123 e. The van der Waals surface area contributed by atoms with E-state index in [-0.39, 0.29) is 18.2 Å². The first-order valence-electron chi connectivity index (χ1n) is 5.38. The van der Waals surface area contributed by atoms with Crippen LogP contribution < -0.4 is 5.73 Å². The number of nitrogens with two attached hydrogens (primary N) is 1. The van der Waals surface area contributed by atoms with Crippen molar-refractivity contribution in [3.05, 3.63) is 48.0 Å². The van der Waals surface area contributed by atoms with Gasteiger partial charge >= 0.3 is 0 Å². The summed E-state index contributed by atoms with van der Waals surface area (Å²) in [6.07, 6.45) is 1.02. The van der Waals surface area contributed by atoms with E-state index < -0.39 is 0 Å². The second-order valence-corrected chi connectivity index (χ2v) is 3.83. The summed E-state index contributed by atoms with van der Waals surface area (Å²) in [6.45, 7) is 2.12. The van der Waals surface area contributed by atoms with Crippen LogP contribution in [0.4, 0.5) is 5.69 Å². The monoisotopic (exact) mass is 249 g/mol. The second-order valence-electron chi connectivity index (χ2n) is 3.83. The molecule has 2 nitrogen and oxygen atoms in total. The molecule has 3 N–H and O–H groups in total. The Balaban J connectivity index is 0.00000144. The van der Waals surface area contributed by atoms with Crippen molar-refractivity contribution >= 4 is 18.1 Å². The molecule has 90 valence electrons. The van der Waals surface area contributed by atoms with E-state index in [1.54, 1.807) is 18.2 Å². The third-order valence-corrected chi connectivity index (χ3v) is 2.69. The van der Waals surface area contributed by atoms with Crippen LogP contribution in [-0.2, 0) is 6.42 Å². The Labute approximate surface area is 108 Å². The quantitative estimate of drug-likeness (QED) is 0.631. The fourth-order valence-electron chi connectivity index (χ4n) is 1.70. The van der Waals surface area contributed by atoms with E-state index in [0.29, 0.717) is 5.69 Å². The number of hydrogen-bond donors (Lipinski definition) is 2. The lowest BCUT2D eigenvalue weighted by molar-refractivity contribution is 0.477. The molecule has 0 fully saturated rings. The molecule has 0 aromatic heterocycles. The van der Waals surface area contributed by atoms with Crippen molar-refractivity contribution in [1.29, 1.82) is 0 Å². The Morgan fingerprint density at radius 3 is 2.29 bits per heavy atom. The predicted molar refractivity (Wildman–Crippen MR) is 74.6 cm³/mol. The molecular formula is C14H16ClNO. The summed E-state index contributed by atoms with van der Waals surface area (Å²) in [7, 11) is 0. The van der Waals surface area contributed by atoms with Crippen LogP contribution in [0.1, 0.15) is 12.5 Å². The van der Waals surface area contributed by atoms with Gasteiger partial charge in [0.15, 0.2) is 0 Å². The van der Waals surface area contributed by atoms with E-state index in [1.807, 2.05) is 12.1 Å². The third-order valence-electron chi connectivity index (χ3n) is 2.69. The molecule has 0 aliphatic heterocycles. The van der Waals surface area contributed by atoms with Gasteiger partial charge in [0, 0.05) is 11.3 Å². The number of halogens is 1. The number of nitrogen functional groups attached to an aromatic ring is 1. The molecule has 2 aromatic carbocycles. The molecule has 0 amide bonds. The average molecular weight is 250 g/mol. The van der Waals surface area contributed by atoms with Crippen LogP contribution in [0.15, 0.2) is 42.5 Å². The fraction of sp³-hybridized carbons (Fsp3) is 0.143. The zero-order chi connectivity index (χ0) is 11.5. The lowest BCUT2D eigenvalue weighted by atomic mass is 10.0. The van der Waals surface area contributed by atoms with Gasteiger partial charge in [-0.3, -0.25) is 0 Å². The number of phenolic OH excluding ortho intramolecular Hbond substituents is 1. The molecule has 0 bridgehead atoms. The van der Waals surface area contributed by atoms with Crippen molar-refractivity contribution in [3.63, 3.8) is 0 Å². The van der Waals surface area contributed by atoms with Gasteiger partial charge in [0.1, 0.15) is 5.75 Å². The number of benzene rings is 2.